The molecule has 192 valence electrons. The second-order valence-electron chi connectivity index (χ2n) is 10.6. The monoisotopic (exact) mass is 509 g/mol. The summed E-state index contributed by atoms with van der Waals surface area (Å²) in [5.74, 6) is -2.74. The quantitative estimate of drug-likeness (QED) is 0.369. The molecule has 2 aromatic carbocycles. The Kier molecular flexibility index (Phi) is 5.67. The highest BCUT2D eigenvalue weighted by atomic mass is 16.3. The highest BCUT2D eigenvalue weighted by Crippen LogP contribution is 2.55. The second kappa shape index (κ2) is 8.94. The average Bonchev–Trinajstić information content (AvgIpc) is 3.15. The zero-order chi connectivity index (χ0) is 26.7. The maximum absolute atomic E-state index is 13.8. The van der Waals surface area contributed by atoms with E-state index in [4.69, 9.17) is 0 Å². The Hall–Kier alpha value is -4.26. The molecule has 0 radical (unpaired) electrons. The molecule has 1 aliphatic heterocycles. The molecule has 2 aromatic rings. The number of phenols is 2. The number of amides is 2. The number of hydrogen-bond acceptors (Lipinski definition) is 6. The summed E-state index contributed by atoms with van der Waals surface area (Å²) in [5, 5.41) is 19.7. The van der Waals surface area contributed by atoms with Gasteiger partial charge in [-0.05, 0) is 73.6 Å². The summed E-state index contributed by atoms with van der Waals surface area (Å²) >= 11 is 0. The first-order chi connectivity index (χ1) is 18.2. The number of benzene rings is 2. The van der Waals surface area contributed by atoms with Crippen LogP contribution in [0.25, 0.3) is 0 Å². The number of Topliss-reactive ketones (excluding diaryl/α,β-unsaturated/α-hetero) is 1. The van der Waals surface area contributed by atoms with Gasteiger partial charge >= 0.3 is 0 Å². The molecule has 0 saturated carbocycles. The number of carbonyl (C=O) groups is 4. The van der Waals surface area contributed by atoms with Crippen molar-refractivity contribution >= 4 is 23.4 Å². The van der Waals surface area contributed by atoms with Crippen molar-refractivity contribution in [1.29, 1.82) is 0 Å². The average molecular weight is 510 g/mol. The highest BCUT2D eigenvalue weighted by Gasteiger charge is 2.56. The third-order valence-corrected chi connectivity index (χ3v) is 8.42. The summed E-state index contributed by atoms with van der Waals surface area (Å²) in [6, 6.07) is 13.4. The van der Waals surface area contributed by atoms with Gasteiger partial charge in [-0.25, -0.2) is 0 Å². The van der Waals surface area contributed by atoms with Crippen molar-refractivity contribution in [3.8, 4) is 11.5 Å². The minimum atomic E-state index is -0.606. The van der Waals surface area contributed by atoms with Gasteiger partial charge in [0.1, 0.15) is 11.5 Å². The molecule has 7 heteroatoms. The summed E-state index contributed by atoms with van der Waals surface area (Å²) in [6.07, 6.45) is 4.44. The van der Waals surface area contributed by atoms with Crippen LogP contribution in [0.4, 0.5) is 0 Å². The van der Waals surface area contributed by atoms with Crippen molar-refractivity contribution in [3.63, 3.8) is 0 Å². The smallest absolute Gasteiger partial charge is 0.233 e. The van der Waals surface area contributed by atoms with Crippen molar-refractivity contribution in [3.05, 3.63) is 94.1 Å². The van der Waals surface area contributed by atoms with Gasteiger partial charge in [-0.3, -0.25) is 24.1 Å². The standard InChI is InChI=1S/C31H27NO6/c1-16-13-25(35)28-24(29(16)36)15-23-21(26(28)18-3-2-4-20(34)14-18)9-10-22-27(23)31(38)32(30(22)37)12-11-17-5-7-19(33)8-6-17/h2-9,13-14,22-23,26-27,33-34H,10-12,15H2,1H3. The Balaban J connectivity index is 1.37. The lowest BCUT2D eigenvalue weighted by atomic mass is 9.59. The van der Waals surface area contributed by atoms with Crippen LogP contribution in [0.3, 0.4) is 0 Å². The van der Waals surface area contributed by atoms with E-state index in [0.29, 0.717) is 35.1 Å². The largest absolute Gasteiger partial charge is 0.508 e. The van der Waals surface area contributed by atoms with Gasteiger partial charge < -0.3 is 10.2 Å². The number of rotatable bonds is 4. The van der Waals surface area contributed by atoms with Gasteiger partial charge in [-0.1, -0.05) is 35.9 Å². The van der Waals surface area contributed by atoms with Crippen LogP contribution >= 0.6 is 0 Å². The second-order valence-corrected chi connectivity index (χ2v) is 10.6. The van der Waals surface area contributed by atoms with Crippen molar-refractivity contribution in [2.24, 2.45) is 17.8 Å². The van der Waals surface area contributed by atoms with Crippen LogP contribution in [-0.4, -0.2) is 45.0 Å². The van der Waals surface area contributed by atoms with Gasteiger partial charge in [-0.15, -0.1) is 0 Å². The Morgan fingerprint density at radius 1 is 0.921 bits per heavy atom. The number of aromatic hydroxyl groups is 2. The Bertz CT molecular complexity index is 1490. The molecule has 7 nitrogen and oxygen atoms in total. The molecule has 0 aromatic heterocycles. The molecule has 0 bridgehead atoms. The number of nitrogens with zero attached hydrogens (tertiary/aromatic N) is 1. The summed E-state index contributed by atoms with van der Waals surface area (Å²) < 4.78 is 0. The molecule has 6 rings (SSSR count). The van der Waals surface area contributed by atoms with E-state index in [-0.39, 0.29) is 47.8 Å². The minimum absolute atomic E-state index is 0.0508. The lowest BCUT2D eigenvalue weighted by molar-refractivity contribution is -0.140. The number of imide groups is 1. The van der Waals surface area contributed by atoms with Crippen molar-refractivity contribution in [2.45, 2.75) is 32.1 Å². The summed E-state index contributed by atoms with van der Waals surface area (Å²) in [5.41, 5.74) is 3.64. The fraction of sp³-hybridized carbons (Fsp3) is 0.290. The fourth-order valence-electron chi connectivity index (χ4n) is 6.65. The molecule has 3 aliphatic carbocycles. The lowest BCUT2D eigenvalue weighted by Gasteiger charge is -2.42. The molecule has 4 unspecified atom stereocenters. The number of carbonyl (C=O) groups excluding carboxylic acids is 4. The van der Waals surface area contributed by atoms with Crippen LogP contribution in [0.2, 0.25) is 0 Å². The molecule has 1 heterocycles. The van der Waals surface area contributed by atoms with Crippen LogP contribution < -0.4 is 0 Å². The molecule has 4 aliphatic rings. The Labute approximate surface area is 219 Å². The normalized spacial score (nSPS) is 26.6. The van der Waals surface area contributed by atoms with E-state index in [0.717, 1.165) is 11.1 Å². The zero-order valence-electron chi connectivity index (χ0n) is 20.9. The Morgan fingerprint density at radius 3 is 2.42 bits per heavy atom. The molecule has 2 N–H and O–H groups in total. The number of fused-ring (bicyclic) bond motifs is 3. The third kappa shape index (κ3) is 3.72. The van der Waals surface area contributed by atoms with E-state index in [9.17, 15) is 29.4 Å². The van der Waals surface area contributed by atoms with Crippen LogP contribution in [0.1, 0.15) is 36.8 Å². The van der Waals surface area contributed by atoms with E-state index in [1.54, 1.807) is 49.4 Å². The van der Waals surface area contributed by atoms with Gasteiger partial charge in [0.15, 0.2) is 11.6 Å². The number of hydrogen-bond donors (Lipinski definition) is 2. The number of phenolic OH excluding ortho intramolecular Hbond substituents is 2. The van der Waals surface area contributed by atoms with Crippen LogP contribution in [0, 0.1) is 17.8 Å². The molecule has 1 saturated heterocycles. The summed E-state index contributed by atoms with van der Waals surface area (Å²) in [4.78, 5) is 55.0. The van der Waals surface area contributed by atoms with Crippen LogP contribution in [-0.2, 0) is 25.6 Å². The maximum Gasteiger partial charge on any atom is 0.233 e. The van der Waals surface area contributed by atoms with Gasteiger partial charge in [0.05, 0.1) is 11.8 Å². The van der Waals surface area contributed by atoms with E-state index in [1.807, 2.05) is 12.1 Å². The first-order valence-corrected chi connectivity index (χ1v) is 12.9. The predicted molar refractivity (Wildman–Crippen MR) is 138 cm³/mol. The summed E-state index contributed by atoms with van der Waals surface area (Å²) in [7, 11) is 0. The molecule has 2 amide bonds. The molecular weight excluding hydrogens is 482 g/mol. The minimum Gasteiger partial charge on any atom is -0.508 e. The molecule has 1 fully saturated rings. The van der Waals surface area contributed by atoms with Gasteiger partial charge in [0.2, 0.25) is 11.8 Å². The van der Waals surface area contributed by atoms with Gasteiger partial charge in [0, 0.05) is 29.2 Å². The van der Waals surface area contributed by atoms with E-state index in [1.165, 1.54) is 11.0 Å². The molecule has 0 spiro atoms. The van der Waals surface area contributed by atoms with Crippen molar-refractivity contribution < 1.29 is 29.4 Å². The highest BCUT2D eigenvalue weighted by molar-refractivity contribution is 6.23. The molecule has 38 heavy (non-hydrogen) atoms. The van der Waals surface area contributed by atoms with E-state index >= 15 is 0 Å². The lowest BCUT2D eigenvalue weighted by Crippen LogP contribution is -2.40. The first-order valence-electron chi connectivity index (χ1n) is 12.9. The maximum atomic E-state index is 13.8. The summed E-state index contributed by atoms with van der Waals surface area (Å²) in [6.45, 7) is 1.86. The molecule has 4 atom stereocenters. The van der Waals surface area contributed by atoms with Crippen LogP contribution in [0.5, 0.6) is 11.5 Å². The molecular formula is C31H27NO6. The third-order valence-electron chi connectivity index (χ3n) is 8.42. The van der Waals surface area contributed by atoms with Crippen molar-refractivity contribution in [2.75, 3.05) is 6.54 Å². The van der Waals surface area contributed by atoms with E-state index < -0.39 is 23.7 Å². The predicted octanol–water partition coefficient (Wildman–Crippen LogP) is 3.77. The number of allylic oxidation sites excluding steroid dienone is 6. The zero-order valence-corrected chi connectivity index (χ0v) is 20.9. The van der Waals surface area contributed by atoms with E-state index in [2.05, 4.69) is 0 Å². The van der Waals surface area contributed by atoms with Gasteiger partial charge in [0.25, 0.3) is 0 Å². The Morgan fingerprint density at radius 2 is 1.68 bits per heavy atom. The number of likely N-dealkylation sites (tertiary alicyclic amines) is 1. The van der Waals surface area contributed by atoms with Crippen LogP contribution in [0.15, 0.2) is 83.0 Å². The number of ketones is 2. The van der Waals surface area contributed by atoms with Crippen molar-refractivity contribution in [1.82, 2.24) is 4.90 Å². The van der Waals surface area contributed by atoms with Gasteiger partial charge in [-0.2, -0.15) is 0 Å². The topological polar surface area (TPSA) is 112 Å². The SMILES string of the molecule is CC1=CC(=O)C2=C(CC3C(=CCC4C(=O)N(CCc5ccc(O)cc5)C(=O)C43)C2c2cccc(O)c2)C1=O. The first kappa shape index (κ1) is 24.1. The fourth-order valence-corrected chi connectivity index (χ4v) is 6.65.